The van der Waals surface area contributed by atoms with Crippen LogP contribution in [-0.2, 0) is 19.0 Å². The van der Waals surface area contributed by atoms with Crippen molar-refractivity contribution in [2.45, 2.75) is 26.8 Å². The Morgan fingerprint density at radius 1 is 1.36 bits per heavy atom. The summed E-state index contributed by atoms with van der Waals surface area (Å²) in [5, 5.41) is 0.307. The molecule has 2 aromatic heterocycles. The van der Waals surface area contributed by atoms with E-state index in [1.165, 1.54) is 18.0 Å². The molecule has 8 nitrogen and oxygen atoms in total. The lowest BCUT2D eigenvalue weighted by Crippen LogP contribution is -2.30. The van der Waals surface area contributed by atoms with Crippen LogP contribution in [0.5, 0.6) is 0 Å². The average molecular weight is 368 g/mol. The molecule has 0 amide bonds. The normalized spacial score (nSPS) is 12.2. The Hall–Kier alpha value is -2.26. The van der Waals surface area contributed by atoms with E-state index in [9.17, 15) is 14.4 Å². The number of rotatable bonds is 7. The number of nitrogens with zero attached hydrogens (tertiary/aromatic N) is 2. The summed E-state index contributed by atoms with van der Waals surface area (Å²) in [6.07, 6.45) is 1.29. The number of aromatic nitrogens is 2. The second-order valence-corrected chi connectivity index (χ2v) is 6.22. The van der Waals surface area contributed by atoms with Gasteiger partial charge in [0.25, 0.3) is 5.56 Å². The summed E-state index contributed by atoms with van der Waals surface area (Å²) in [6.45, 7) is 6.01. The average Bonchev–Trinajstić information content (AvgIpc) is 2.95. The predicted octanol–water partition coefficient (Wildman–Crippen LogP) is 1.69. The fourth-order valence-electron chi connectivity index (χ4n) is 2.28. The van der Waals surface area contributed by atoms with Gasteiger partial charge >= 0.3 is 11.9 Å². The molecule has 25 heavy (non-hydrogen) atoms. The van der Waals surface area contributed by atoms with Crippen molar-refractivity contribution < 1.29 is 23.8 Å². The van der Waals surface area contributed by atoms with Gasteiger partial charge in [-0.2, -0.15) is 0 Å². The van der Waals surface area contributed by atoms with Gasteiger partial charge in [0.05, 0.1) is 25.4 Å². The number of esters is 2. The van der Waals surface area contributed by atoms with Crippen molar-refractivity contribution in [1.82, 2.24) is 9.55 Å². The lowest BCUT2D eigenvalue weighted by molar-refractivity contribution is -0.148. The molecule has 0 aromatic carbocycles. The van der Waals surface area contributed by atoms with Crippen molar-refractivity contribution in [3.05, 3.63) is 27.1 Å². The van der Waals surface area contributed by atoms with Gasteiger partial charge in [-0.3, -0.25) is 9.36 Å². The molecule has 2 heterocycles. The Balaban J connectivity index is 2.32. The van der Waals surface area contributed by atoms with Gasteiger partial charge in [-0.1, -0.05) is 0 Å². The smallest absolute Gasteiger partial charge is 0.348 e. The maximum Gasteiger partial charge on any atom is 0.348 e. The SMILES string of the molecule is CCOCCOC(=O)[C@H](C)n1cnc2sc(C(=O)OC)c(C)c2c1=O. The van der Waals surface area contributed by atoms with Crippen LogP contribution in [0.2, 0.25) is 0 Å². The maximum atomic E-state index is 12.7. The molecule has 0 radical (unpaired) electrons. The molecule has 2 aromatic rings. The number of carbonyl (C=O) groups is 2. The van der Waals surface area contributed by atoms with Crippen molar-refractivity contribution in [3.8, 4) is 0 Å². The van der Waals surface area contributed by atoms with E-state index >= 15 is 0 Å². The van der Waals surface area contributed by atoms with Crippen LogP contribution in [0, 0.1) is 6.92 Å². The third-order valence-electron chi connectivity index (χ3n) is 3.68. The summed E-state index contributed by atoms with van der Waals surface area (Å²) in [4.78, 5) is 41.6. The van der Waals surface area contributed by atoms with E-state index in [-0.39, 0.29) is 6.61 Å². The molecule has 136 valence electrons. The molecule has 0 unspecified atom stereocenters. The highest BCUT2D eigenvalue weighted by atomic mass is 32.1. The van der Waals surface area contributed by atoms with Crippen molar-refractivity contribution in [3.63, 3.8) is 0 Å². The minimum atomic E-state index is -0.841. The van der Waals surface area contributed by atoms with Crippen LogP contribution in [-0.4, -0.2) is 48.4 Å². The van der Waals surface area contributed by atoms with Crippen LogP contribution < -0.4 is 5.56 Å². The molecule has 1 atom stereocenters. The summed E-state index contributed by atoms with van der Waals surface area (Å²) < 4.78 is 16.1. The monoisotopic (exact) mass is 368 g/mol. The number of hydrogen-bond acceptors (Lipinski definition) is 8. The Labute approximate surface area is 148 Å². The van der Waals surface area contributed by atoms with E-state index in [1.807, 2.05) is 6.92 Å². The predicted molar refractivity (Wildman–Crippen MR) is 92.1 cm³/mol. The minimum absolute atomic E-state index is 0.116. The van der Waals surface area contributed by atoms with Gasteiger partial charge in [0.2, 0.25) is 0 Å². The third kappa shape index (κ3) is 3.88. The van der Waals surface area contributed by atoms with Crippen LogP contribution in [0.4, 0.5) is 0 Å². The molecule has 0 spiro atoms. The van der Waals surface area contributed by atoms with E-state index < -0.39 is 23.5 Å². The molecule has 0 aliphatic carbocycles. The third-order valence-corrected chi connectivity index (χ3v) is 4.86. The standard InChI is InChI=1S/C16H20N2O6S/c1-5-23-6-7-24-15(20)10(3)18-8-17-13-11(14(18)19)9(2)12(25-13)16(21)22-4/h8,10H,5-7H2,1-4H3/t10-/m0/s1. The highest BCUT2D eigenvalue weighted by Gasteiger charge is 2.23. The summed E-state index contributed by atoms with van der Waals surface area (Å²) in [5.74, 6) is -1.07. The first-order valence-corrected chi connectivity index (χ1v) is 8.56. The van der Waals surface area contributed by atoms with Gasteiger partial charge < -0.3 is 14.2 Å². The molecule has 0 N–H and O–H groups in total. The highest BCUT2D eigenvalue weighted by molar-refractivity contribution is 7.20. The number of ether oxygens (including phenoxy) is 3. The number of aryl methyl sites for hydroxylation is 1. The van der Waals surface area contributed by atoms with Crippen LogP contribution >= 0.6 is 11.3 Å². The number of methoxy groups -OCH3 is 1. The van der Waals surface area contributed by atoms with Crippen LogP contribution in [0.15, 0.2) is 11.1 Å². The number of fused-ring (bicyclic) bond motifs is 1. The molecule has 0 aliphatic heterocycles. The van der Waals surface area contributed by atoms with Crippen molar-refractivity contribution >= 4 is 33.5 Å². The lowest BCUT2D eigenvalue weighted by atomic mass is 10.2. The zero-order valence-corrected chi connectivity index (χ0v) is 15.3. The molecule has 0 bridgehead atoms. The number of thiophene rings is 1. The van der Waals surface area contributed by atoms with Gasteiger partial charge in [-0.25, -0.2) is 14.6 Å². The molecule has 0 fully saturated rings. The van der Waals surface area contributed by atoms with Gasteiger partial charge in [0.15, 0.2) is 0 Å². The van der Waals surface area contributed by atoms with Crippen molar-refractivity contribution in [1.29, 1.82) is 0 Å². The van der Waals surface area contributed by atoms with Crippen LogP contribution in [0.1, 0.15) is 35.1 Å². The molecule has 9 heteroatoms. The summed E-state index contributed by atoms with van der Waals surface area (Å²) >= 11 is 1.09. The topological polar surface area (TPSA) is 96.7 Å². The lowest BCUT2D eigenvalue weighted by Gasteiger charge is -2.14. The van der Waals surface area contributed by atoms with E-state index in [1.54, 1.807) is 13.8 Å². The molecule has 0 saturated heterocycles. The molecular formula is C16H20N2O6S. The largest absolute Gasteiger partial charge is 0.465 e. The molecule has 0 aliphatic rings. The summed E-state index contributed by atoms with van der Waals surface area (Å²) in [6, 6.07) is -0.841. The second-order valence-electron chi connectivity index (χ2n) is 5.23. The van der Waals surface area contributed by atoms with Gasteiger partial charge in [0.1, 0.15) is 22.4 Å². The first-order chi connectivity index (χ1) is 11.9. The molecule has 2 rings (SSSR count). The van der Waals surface area contributed by atoms with Gasteiger partial charge in [-0.15, -0.1) is 11.3 Å². The van der Waals surface area contributed by atoms with Crippen LogP contribution in [0.3, 0.4) is 0 Å². The maximum absolute atomic E-state index is 12.7. The highest BCUT2D eigenvalue weighted by Crippen LogP contribution is 2.27. The number of hydrogen-bond donors (Lipinski definition) is 0. The minimum Gasteiger partial charge on any atom is -0.465 e. The Morgan fingerprint density at radius 2 is 2.08 bits per heavy atom. The van der Waals surface area contributed by atoms with E-state index in [0.29, 0.717) is 33.9 Å². The van der Waals surface area contributed by atoms with E-state index in [2.05, 4.69) is 4.98 Å². The van der Waals surface area contributed by atoms with Crippen molar-refractivity contribution in [2.75, 3.05) is 26.9 Å². The Bertz CT molecular complexity index is 841. The fourth-order valence-corrected chi connectivity index (χ4v) is 3.34. The number of carbonyl (C=O) groups excluding carboxylic acids is 2. The first kappa shape index (κ1) is 19.1. The molecular weight excluding hydrogens is 348 g/mol. The van der Waals surface area contributed by atoms with Gasteiger partial charge in [0, 0.05) is 6.61 Å². The zero-order valence-electron chi connectivity index (χ0n) is 14.5. The first-order valence-electron chi connectivity index (χ1n) is 7.75. The Morgan fingerprint density at radius 3 is 2.72 bits per heavy atom. The summed E-state index contributed by atoms with van der Waals surface area (Å²) in [5.41, 5.74) is 0.0961. The van der Waals surface area contributed by atoms with Crippen molar-refractivity contribution in [2.24, 2.45) is 0 Å². The fraction of sp³-hybridized carbons (Fsp3) is 0.500. The Kier molecular flexibility index (Phi) is 6.27. The zero-order chi connectivity index (χ0) is 18.6. The van der Waals surface area contributed by atoms with E-state index in [4.69, 9.17) is 14.2 Å². The second kappa shape index (κ2) is 8.21. The van der Waals surface area contributed by atoms with E-state index in [0.717, 1.165) is 11.3 Å². The van der Waals surface area contributed by atoms with Crippen LogP contribution in [0.25, 0.3) is 10.2 Å². The van der Waals surface area contributed by atoms with Gasteiger partial charge in [-0.05, 0) is 26.3 Å². The molecule has 0 saturated carbocycles. The quantitative estimate of drug-likeness (QED) is 0.542. The summed E-state index contributed by atoms with van der Waals surface area (Å²) in [7, 11) is 1.28.